The van der Waals surface area contributed by atoms with E-state index in [1.54, 1.807) is 18.5 Å². The second kappa shape index (κ2) is 3.60. The molecule has 1 aromatic heterocycles. The van der Waals surface area contributed by atoms with E-state index >= 15 is 0 Å². The van der Waals surface area contributed by atoms with Crippen LogP contribution in [0.4, 0.5) is 0 Å². The Bertz CT molecular complexity index is 234. The SMILES string of the molecule is c1cnc(C2COCOC2)nc1. The Morgan fingerprint density at radius 2 is 1.83 bits per heavy atom. The third-order valence-electron chi connectivity index (χ3n) is 1.76. The highest BCUT2D eigenvalue weighted by Crippen LogP contribution is 2.14. The minimum atomic E-state index is 0.194. The van der Waals surface area contributed by atoms with Crippen LogP contribution in [0.15, 0.2) is 18.5 Å². The molecule has 1 fully saturated rings. The van der Waals surface area contributed by atoms with Crippen LogP contribution in [0.2, 0.25) is 0 Å². The molecule has 0 amide bonds. The first-order chi connectivity index (χ1) is 5.97. The Kier molecular flexibility index (Phi) is 2.29. The minimum absolute atomic E-state index is 0.194. The van der Waals surface area contributed by atoms with Crippen molar-refractivity contribution >= 4 is 0 Å². The standard InChI is InChI=1S/C8H10N2O2/c1-2-9-8(10-3-1)7-4-11-6-12-5-7/h1-3,7H,4-6H2. The van der Waals surface area contributed by atoms with Gasteiger partial charge in [-0.25, -0.2) is 9.97 Å². The van der Waals surface area contributed by atoms with Crippen molar-refractivity contribution in [3.8, 4) is 0 Å². The molecule has 2 heterocycles. The Hall–Kier alpha value is -1.00. The Balaban J connectivity index is 2.08. The normalized spacial score (nSPS) is 19.3. The lowest BCUT2D eigenvalue weighted by Crippen LogP contribution is -2.23. The van der Waals surface area contributed by atoms with Gasteiger partial charge in [-0.15, -0.1) is 0 Å². The van der Waals surface area contributed by atoms with E-state index in [2.05, 4.69) is 9.97 Å². The Labute approximate surface area is 70.6 Å². The van der Waals surface area contributed by atoms with E-state index in [9.17, 15) is 0 Å². The van der Waals surface area contributed by atoms with Crippen molar-refractivity contribution in [1.82, 2.24) is 9.97 Å². The van der Waals surface area contributed by atoms with Crippen molar-refractivity contribution in [2.45, 2.75) is 5.92 Å². The molecule has 2 rings (SSSR count). The molecule has 0 bridgehead atoms. The van der Waals surface area contributed by atoms with Gasteiger partial charge in [-0.05, 0) is 6.07 Å². The van der Waals surface area contributed by atoms with Crippen LogP contribution in [0.1, 0.15) is 11.7 Å². The molecular formula is C8H10N2O2. The molecule has 4 nitrogen and oxygen atoms in total. The van der Waals surface area contributed by atoms with Gasteiger partial charge < -0.3 is 9.47 Å². The van der Waals surface area contributed by atoms with Gasteiger partial charge in [-0.1, -0.05) is 0 Å². The van der Waals surface area contributed by atoms with Gasteiger partial charge in [0.15, 0.2) is 0 Å². The summed E-state index contributed by atoms with van der Waals surface area (Å²) in [6, 6.07) is 1.80. The number of hydrogen-bond acceptors (Lipinski definition) is 4. The Morgan fingerprint density at radius 3 is 2.50 bits per heavy atom. The van der Waals surface area contributed by atoms with Gasteiger partial charge in [0.2, 0.25) is 0 Å². The van der Waals surface area contributed by atoms with E-state index in [0.29, 0.717) is 20.0 Å². The molecule has 1 aromatic rings. The molecule has 0 spiro atoms. The maximum Gasteiger partial charge on any atom is 0.146 e. The lowest BCUT2D eigenvalue weighted by molar-refractivity contribution is -0.109. The highest BCUT2D eigenvalue weighted by Gasteiger charge is 2.18. The largest absolute Gasteiger partial charge is 0.355 e. The highest BCUT2D eigenvalue weighted by molar-refractivity contribution is 4.97. The van der Waals surface area contributed by atoms with Crippen LogP contribution in [0.3, 0.4) is 0 Å². The number of rotatable bonds is 1. The summed E-state index contributed by atoms with van der Waals surface area (Å²) in [6.45, 7) is 1.71. The fraction of sp³-hybridized carbons (Fsp3) is 0.500. The van der Waals surface area contributed by atoms with Crippen LogP contribution in [0.25, 0.3) is 0 Å². The first kappa shape index (κ1) is 7.64. The van der Waals surface area contributed by atoms with Crippen LogP contribution < -0.4 is 0 Å². The molecule has 12 heavy (non-hydrogen) atoms. The molecule has 1 saturated heterocycles. The fourth-order valence-corrected chi connectivity index (χ4v) is 1.16. The highest BCUT2D eigenvalue weighted by atomic mass is 16.7. The van der Waals surface area contributed by atoms with Gasteiger partial charge in [0.1, 0.15) is 12.6 Å². The van der Waals surface area contributed by atoms with Crippen molar-refractivity contribution in [1.29, 1.82) is 0 Å². The number of ether oxygens (including phenoxy) is 2. The van der Waals surface area contributed by atoms with E-state index in [-0.39, 0.29) is 5.92 Å². The number of nitrogens with zero attached hydrogens (tertiary/aromatic N) is 2. The van der Waals surface area contributed by atoms with Gasteiger partial charge >= 0.3 is 0 Å². The predicted octanol–water partition coefficient (Wildman–Crippen LogP) is 0.564. The van der Waals surface area contributed by atoms with Crippen LogP contribution >= 0.6 is 0 Å². The summed E-state index contributed by atoms with van der Waals surface area (Å²) < 4.78 is 10.3. The molecule has 0 N–H and O–H groups in total. The molecule has 1 aliphatic heterocycles. The quantitative estimate of drug-likeness (QED) is 0.611. The van der Waals surface area contributed by atoms with Gasteiger partial charge in [0.05, 0.1) is 19.1 Å². The van der Waals surface area contributed by atoms with Crippen LogP contribution in [-0.2, 0) is 9.47 Å². The average Bonchev–Trinajstić information content (AvgIpc) is 2.21. The molecule has 0 radical (unpaired) electrons. The summed E-state index contributed by atoms with van der Waals surface area (Å²) in [5.41, 5.74) is 0. The third-order valence-corrected chi connectivity index (χ3v) is 1.76. The molecule has 0 saturated carbocycles. The van der Waals surface area contributed by atoms with Crippen molar-refractivity contribution in [3.05, 3.63) is 24.3 Å². The lowest BCUT2D eigenvalue weighted by atomic mass is 10.1. The average molecular weight is 166 g/mol. The molecule has 4 heteroatoms. The molecular weight excluding hydrogens is 156 g/mol. The lowest BCUT2D eigenvalue weighted by Gasteiger charge is -2.20. The summed E-state index contributed by atoms with van der Waals surface area (Å²) in [5.74, 6) is 0.997. The summed E-state index contributed by atoms with van der Waals surface area (Å²) >= 11 is 0. The summed E-state index contributed by atoms with van der Waals surface area (Å²) in [7, 11) is 0. The topological polar surface area (TPSA) is 44.2 Å². The van der Waals surface area contributed by atoms with Crippen LogP contribution in [0, 0.1) is 0 Å². The summed E-state index contributed by atoms with van der Waals surface area (Å²) in [4.78, 5) is 8.26. The maximum atomic E-state index is 5.13. The van der Waals surface area contributed by atoms with Crippen molar-refractivity contribution in [2.24, 2.45) is 0 Å². The molecule has 0 atom stereocenters. The predicted molar refractivity (Wildman–Crippen MR) is 41.5 cm³/mol. The van der Waals surface area contributed by atoms with Crippen LogP contribution in [0.5, 0.6) is 0 Å². The molecule has 64 valence electrons. The van der Waals surface area contributed by atoms with Gasteiger partial charge in [-0.3, -0.25) is 0 Å². The zero-order chi connectivity index (χ0) is 8.23. The van der Waals surface area contributed by atoms with Crippen molar-refractivity contribution in [2.75, 3.05) is 20.0 Å². The smallest absolute Gasteiger partial charge is 0.146 e. The number of hydrogen-bond donors (Lipinski definition) is 0. The van der Waals surface area contributed by atoms with Crippen molar-refractivity contribution < 1.29 is 9.47 Å². The molecule has 0 aliphatic carbocycles. The van der Waals surface area contributed by atoms with Gasteiger partial charge in [-0.2, -0.15) is 0 Å². The second-order valence-corrected chi connectivity index (χ2v) is 2.66. The molecule has 1 aliphatic rings. The molecule has 0 aromatic carbocycles. The van der Waals surface area contributed by atoms with Gasteiger partial charge in [0.25, 0.3) is 0 Å². The summed E-state index contributed by atoms with van der Waals surface area (Å²) in [5, 5.41) is 0. The first-order valence-electron chi connectivity index (χ1n) is 3.89. The third kappa shape index (κ3) is 1.60. The first-order valence-corrected chi connectivity index (χ1v) is 3.89. The van der Waals surface area contributed by atoms with E-state index in [1.165, 1.54) is 0 Å². The monoisotopic (exact) mass is 166 g/mol. The van der Waals surface area contributed by atoms with E-state index < -0.39 is 0 Å². The number of aromatic nitrogens is 2. The molecule has 0 unspecified atom stereocenters. The minimum Gasteiger partial charge on any atom is -0.355 e. The van der Waals surface area contributed by atoms with E-state index in [1.807, 2.05) is 0 Å². The van der Waals surface area contributed by atoms with E-state index in [0.717, 1.165) is 5.82 Å². The van der Waals surface area contributed by atoms with Crippen molar-refractivity contribution in [3.63, 3.8) is 0 Å². The zero-order valence-corrected chi connectivity index (χ0v) is 6.64. The fourth-order valence-electron chi connectivity index (χ4n) is 1.16. The maximum absolute atomic E-state index is 5.13. The Morgan fingerprint density at radius 1 is 1.17 bits per heavy atom. The van der Waals surface area contributed by atoms with Crippen LogP contribution in [-0.4, -0.2) is 30.0 Å². The summed E-state index contributed by atoms with van der Waals surface area (Å²) in [6.07, 6.45) is 3.47. The zero-order valence-electron chi connectivity index (χ0n) is 6.64. The van der Waals surface area contributed by atoms with Gasteiger partial charge in [0, 0.05) is 12.4 Å². The van der Waals surface area contributed by atoms with E-state index in [4.69, 9.17) is 9.47 Å². The second-order valence-electron chi connectivity index (χ2n) is 2.66.